The molecule has 9 nitrogen and oxygen atoms in total. The van der Waals surface area contributed by atoms with Gasteiger partial charge in [-0.3, -0.25) is 19.7 Å². The monoisotopic (exact) mass is 468 g/mol. The highest BCUT2D eigenvalue weighted by molar-refractivity contribution is 6.24. The molecule has 2 aromatic rings. The van der Waals surface area contributed by atoms with Crippen LogP contribution in [-0.4, -0.2) is 51.3 Å². The molecule has 180 valence electrons. The molecule has 0 bridgehead atoms. The van der Waals surface area contributed by atoms with Crippen molar-refractivity contribution in [2.75, 3.05) is 32.8 Å². The van der Waals surface area contributed by atoms with E-state index in [9.17, 15) is 14.4 Å². The summed E-state index contributed by atoms with van der Waals surface area (Å²) < 4.78 is 21.4. The Hall–Kier alpha value is -3.59. The zero-order chi connectivity index (χ0) is 24.6. The van der Waals surface area contributed by atoms with Crippen molar-refractivity contribution in [2.24, 2.45) is 11.8 Å². The fraction of sp³-hybridized carbons (Fsp3) is 0.400. The Balaban J connectivity index is 1.84. The van der Waals surface area contributed by atoms with E-state index in [-0.39, 0.29) is 6.61 Å². The van der Waals surface area contributed by atoms with Crippen molar-refractivity contribution >= 4 is 23.5 Å². The van der Waals surface area contributed by atoms with E-state index in [1.807, 2.05) is 0 Å². The highest BCUT2D eigenvalue weighted by Gasteiger charge is 2.67. The number of anilines is 1. The molecular weight excluding hydrogens is 440 g/mol. The molecule has 0 unspecified atom stereocenters. The number of benzene rings is 2. The number of carbonyl (C=O) groups is 3. The lowest BCUT2D eigenvalue weighted by atomic mass is 9.80. The largest absolute Gasteiger partial charge is 0.497 e. The third-order valence-corrected chi connectivity index (χ3v) is 6.57. The van der Waals surface area contributed by atoms with E-state index >= 15 is 0 Å². The van der Waals surface area contributed by atoms with Crippen LogP contribution < -0.4 is 24.4 Å². The molecule has 0 aromatic heterocycles. The Morgan fingerprint density at radius 3 is 2.35 bits per heavy atom. The standard InChI is InChI=1S/C25H28N2O7/c1-6-34-24(30)25(2)20-19(21(26-25)17-11-10-16(32-4)13-18(17)33-5)22(28)27(23(20)29)14-8-7-9-15(12-14)31-3/h7-13,19-21,26H,6H2,1-5H3/t19-,20-,21-,25-/m0/s1. The summed E-state index contributed by atoms with van der Waals surface area (Å²) in [6.45, 7) is 3.45. The van der Waals surface area contributed by atoms with Gasteiger partial charge in [-0.1, -0.05) is 12.1 Å². The lowest BCUT2D eigenvalue weighted by Gasteiger charge is -2.29. The van der Waals surface area contributed by atoms with Crippen molar-refractivity contribution in [3.8, 4) is 17.2 Å². The van der Waals surface area contributed by atoms with Crippen LogP contribution in [0.1, 0.15) is 25.5 Å². The highest BCUT2D eigenvalue weighted by Crippen LogP contribution is 2.51. The molecule has 2 amide bonds. The molecular formula is C25H28N2O7. The minimum atomic E-state index is -1.42. The second-order valence-electron chi connectivity index (χ2n) is 8.37. The summed E-state index contributed by atoms with van der Waals surface area (Å²) in [7, 11) is 4.57. The van der Waals surface area contributed by atoms with Crippen LogP contribution in [0, 0.1) is 11.8 Å². The fourth-order valence-corrected chi connectivity index (χ4v) is 4.95. The zero-order valence-electron chi connectivity index (χ0n) is 19.8. The number of rotatable bonds is 7. The highest BCUT2D eigenvalue weighted by atomic mass is 16.5. The summed E-state index contributed by atoms with van der Waals surface area (Å²) in [5, 5.41) is 3.25. The molecule has 0 spiro atoms. The summed E-state index contributed by atoms with van der Waals surface area (Å²) in [4.78, 5) is 41.7. The number of esters is 1. The van der Waals surface area contributed by atoms with E-state index < -0.39 is 41.2 Å². The van der Waals surface area contributed by atoms with Gasteiger partial charge in [0, 0.05) is 23.7 Å². The number of nitrogens with zero attached hydrogens (tertiary/aromatic N) is 1. The molecule has 34 heavy (non-hydrogen) atoms. The summed E-state index contributed by atoms with van der Waals surface area (Å²) in [6, 6.07) is 11.3. The average Bonchev–Trinajstić information content (AvgIpc) is 3.31. The molecule has 2 fully saturated rings. The van der Waals surface area contributed by atoms with Gasteiger partial charge in [0.2, 0.25) is 11.8 Å². The van der Waals surface area contributed by atoms with E-state index in [1.54, 1.807) is 63.4 Å². The normalized spacial score (nSPS) is 25.8. The molecule has 0 radical (unpaired) electrons. The first-order valence-corrected chi connectivity index (χ1v) is 11.0. The second-order valence-corrected chi connectivity index (χ2v) is 8.37. The van der Waals surface area contributed by atoms with Crippen LogP contribution in [0.25, 0.3) is 0 Å². The number of fused-ring (bicyclic) bond motifs is 1. The number of hydrogen-bond acceptors (Lipinski definition) is 8. The number of hydrogen-bond donors (Lipinski definition) is 1. The van der Waals surface area contributed by atoms with Crippen LogP contribution in [0.15, 0.2) is 42.5 Å². The Morgan fingerprint density at radius 2 is 1.71 bits per heavy atom. The predicted octanol–water partition coefficient (Wildman–Crippen LogP) is 2.48. The zero-order valence-corrected chi connectivity index (χ0v) is 19.8. The van der Waals surface area contributed by atoms with Gasteiger partial charge in [0.1, 0.15) is 22.8 Å². The van der Waals surface area contributed by atoms with Gasteiger partial charge < -0.3 is 18.9 Å². The van der Waals surface area contributed by atoms with Crippen molar-refractivity contribution < 1.29 is 33.3 Å². The lowest BCUT2D eigenvalue weighted by Crippen LogP contribution is -2.54. The van der Waals surface area contributed by atoms with Gasteiger partial charge in [-0.05, 0) is 32.0 Å². The quantitative estimate of drug-likeness (QED) is 0.488. The average molecular weight is 469 g/mol. The number of carbonyl (C=O) groups excluding carboxylic acids is 3. The van der Waals surface area contributed by atoms with Crippen molar-refractivity contribution in [3.05, 3.63) is 48.0 Å². The van der Waals surface area contributed by atoms with Crippen molar-refractivity contribution in [1.82, 2.24) is 5.32 Å². The first-order chi connectivity index (χ1) is 16.3. The third-order valence-electron chi connectivity index (χ3n) is 6.57. The number of amides is 2. The Morgan fingerprint density at radius 1 is 1.00 bits per heavy atom. The Kier molecular flexibility index (Phi) is 6.22. The number of nitrogens with one attached hydrogen (secondary N) is 1. The van der Waals surface area contributed by atoms with Gasteiger partial charge in [-0.15, -0.1) is 0 Å². The van der Waals surface area contributed by atoms with Crippen LogP contribution in [0.5, 0.6) is 17.2 Å². The molecule has 2 saturated heterocycles. The number of imide groups is 1. The summed E-state index contributed by atoms with van der Waals surface area (Å²) in [5.41, 5.74) is -0.397. The van der Waals surface area contributed by atoms with E-state index in [4.69, 9.17) is 18.9 Å². The minimum Gasteiger partial charge on any atom is -0.497 e. The van der Waals surface area contributed by atoms with Gasteiger partial charge in [-0.2, -0.15) is 0 Å². The maximum Gasteiger partial charge on any atom is 0.326 e. The lowest BCUT2D eigenvalue weighted by molar-refractivity contribution is -0.153. The predicted molar refractivity (Wildman–Crippen MR) is 123 cm³/mol. The molecule has 1 N–H and O–H groups in total. The van der Waals surface area contributed by atoms with Gasteiger partial charge in [0.25, 0.3) is 0 Å². The summed E-state index contributed by atoms with van der Waals surface area (Å²) >= 11 is 0. The summed E-state index contributed by atoms with van der Waals surface area (Å²) in [6.07, 6.45) is 0. The second kappa shape index (κ2) is 8.98. The Bertz CT molecular complexity index is 1130. The molecule has 2 aromatic carbocycles. The van der Waals surface area contributed by atoms with Gasteiger partial charge >= 0.3 is 5.97 Å². The molecule has 9 heteroatoms. The van der Waals surface area contributed by atoms with Crippen LogP contribution >= 0.6 is 0 Å². The van der Waals surface area contributed by atoms with Gasteiger partial charge in [0.05, 0.1) is 45.5 Å². The smallest absolute Gasteiger partial charge is 0.326 e. The molecule has 2 aliphatic rings. The molecule has 4 rings (SSSR count). The third kappa shape index (κ3) is 3.56. The van der Waals surface area contributed by atoms with Crippen molar-refractivity contribution in [3.63, 3.8) is 0 Å². The fourth-order valence-electron chi connectivity index (χ4n) is 4.95. The van der Waals surface area contributed by atoms with Crippen LogP contribution in [0.3, 0.4) is 0 Å². The maximum absolute atomic E-state index is 13.8. The number of methoxy groups -OCH3 is 3. The molecule has 4 atom stereocenters. The molecule has 0 saturated carbocycles. The van der Waals surface area contributed by atoms with Crippen molar-refractivity contribution in [1.29, 1.82) is 0 Å². The van der Waals surface area contributed by atoms with Crippen LogP contribution in [0.4, 0.5) is 5.69 Å². The first kappa shape index (κ1) is 23.6. The van der Waals surface area contributed by atoms with E-state index in [2.05, 4.69) is 5.32 Å². The Labute approximate surface area is 197 Å². The van der Waals surface area contributed by atoms with Gasteiger partial charge in [0.15, 0.2) is 0 Å². The summed E-state index contributed by atoms with van der Waals surface area (Å²) in [5.74, 6) is -1.73. The minimum absolute atomic E-state index is 0.145. The van der Waals surface area contributed by atoms with E-state index in [1.165, 1.54) is 14.2 Å². The number of ether oxygens (including phenoxy) is 4. The molecule has 2 aliphatic heterocycles. The topological polar surface area (TPSA) is 103 Å². The van der Waals surface area contributed by atoms with Crippen LogP contribution in [-0.2, 0) is 19.1 Å². The molecule has 0 aliphatic carbocycles. The van der Waals surface area contributed by atoms with Crippen LogP contribution in [0.2, 0.25) is 0 Å². The van der Waals surface area contributed by atoms with E-state index in [0.717, 1.165) is 4.90 Å². The van der Waals surface area contributed by atoms with Crippen molar-refractivity contribution in [2.45, 2.75) is 25.4 Å². The molecule has 2 heterocycles. The SMILES string of the molecule is CCOC(=O)[C@@]1(C)N[C@@H](c2ccc(OC)cc2OC)[C@H]2C(=O)N(c3cccc(OC)c3)C(=O)[C@H]21. The first-order valence-electron chi connectivity index (χ1n) is 11.0. The van der Waals surface area contributed by atoms with E-state index in [0.29, 0.717) is 28.5 Å². The van der Waals surface area contributed by atoms with Gasteiger partial charge in [-0.25, -0.2) is 4.90 Å². The maximum atomic E-state index is 13.8.